The van der Waals surface area contributed by atoms with Crippen molar-refractivity contribution in [3.63, 3.8) is 0 Å². The number of hydrogen-bond acceptors (Lipinski definition) is 6. The van der Waals surface area contributed by atoms with E-state index in [1.165, 1.54) is 11.9 Å². The molecular formula is C19H18IN5O2. The standard InChI is InChI=1S/C19H18IN5O2/c1-12(2)13-3-7-15(8-4-13)23-18-17(25(26)27)19(22-11-21-18)24-16-9-5-14(20)6-10-16/h3-12H,1-2H3,(H2,21,22,23,24). The van der Waals surface area contributed by atoms with Gasteiger partial charge in [-0.1, -0.05) is 26.0 Å². The molecule has 138 valence electrons. The Morgan fingerprint density at radius 2 is 1.41 bits per heavy atom. The van der Waals surface area contributed by atoms with Crippen LogP contribution in [0, 0.1) is 13.7 Å². The van der Waals surface area contributed by atoms with Gasteiger partial charge in [-0.3, -0.25) is 10.1 Å². The third kappa shape index (κ3) is 4.70. The summed E-state index contributed by atoms with van der Waals surface area (Å²) >= 11 is 2.20. The molecule has 0 saturated heterocycles. The van der Waals surface area contributed by atoms with Crippen molar-refractivity contribution in [1.82, 2.24) is 9.97 Å². The van der Waals surface area contributed by atoms with Crippen LogP contribution < -0.4 is 10.6 Å². The van der Waals surface area contributed by atoms with Crippen LogP contribution in [0.4, 0.5) is 28.7 Å². The molecule has 27 heavy (non-hydrogen) atoms. The lowest BCUT2D eigenvalue weighted by Crippen LogP contribution is -2.05. The summed E-state index contributed by atoms with van der Waals surface area (Å²) in [4.78, 5) is 19.3. The second-order valence-electron chi connectivity index (χ2n) is 6.21. The minimum absolute atomic E-state index is 0.137. The lowest BCUT2D eigenvalue weighted by Gasteiger charge is -2.11. The Bertz CT molecular complexity index is 943. The van der Waals surface area contributed by atoms with Crippen LogP contribution in [0.5, 0.6) is 0 Å². The molecule has 0 aliphatic carbocycles. The highest BCUT2D eigenvalue weighted by atomic mass is 127. The highest BCUT2D eigenvalue weighted by molar-refractivity contribution is 14.1. The van der Waals surface area contributed by atoms with Crippen LogP contribution in [0.2, 0.25) is 0 Å². The van der Waals surface area contributed by atoms with Crippen LogP contribution in [-0.2, 0) is 0 Å². The number of aromatic nitrogens is 2. The Balaban J connectivity index is 1.91. The van der Waals surface area contributed by atoms with Crippen LogP contribution >= 0.6 is 22.6 Å². The molecular weight excluding hydrogens is 457 g/mol. The predicted octanol–water partition coefficient (Wildman–Crippen LogP) is 5.60. The Hall–Kier alpha value is -2.75. The fourth-order valence-electron chi connectivity index (χ4n) is 2.49. The van der Waals surface area contributed by atoms with Gasteiger partial charge < -0.3 is 10.6 Å². The Kier molecular flexibility index (Phi) is 5.84. The molecule has 7 nitrogen and oxygen atoms in total. The molecule has 3 aromatic rings. The molecule has 0 saturated carbocycles. The maximum Gasteiger partial charge on any atom is 0.353 e. The molecule has 3 rings (SSSR count). The van der Waals surface area contributed by atoms with E-state index < -0.39 is 4.92 Å². The number of nitrogens with one attached hydrogen (secondary N) is 2. The average molecular weight is 475 g/mol. The first-order valence-electron chi connectivity index (χ1n) is 8.33. The van der Waals surface area contributed by atoms with Crippen LogP contribution in [0.1, 0.15) is 25.3 Å². The lowest BCUT2D eigenvalue weighted by atomic mass is 10.0. The van der Waals surface area contributed by atoms with Crippen LogP contribution in [0.15, 0.2) is 54.9 Å². The van der Waals surface area contributed by atoms with E-state index in [1.54, 1.807) is 0 Å². The van der Waals surface area contributed by atoms with Gasteiger partial charge in [-0.25, -0.2) is 9.97 Å². The molecule has 1 heterocycles. The zero-order valence-corrected chi connectivity index (χ0v) is 17.0. The number of benzene rings is 2. The SMILES string of the molecule is CC(C)c1ccc(Nc2ncnc(Nc3ccc(I)cc3)c2[N+](=O)[O-])cc1. The topological polar surface area (TPSA) is 93.0 Å². The summed E-state index contributed by atoms with van der Waals surface area (Å²) < 4.78 is 1.07. The van der Waals surface area contributed by atoms with E-state index in [0.717, 1.165) is 9.26 Å². The van der Waals surface area contributed by atoms with Gasteiger partial charge in [0.15, 0.2) is 0 Å². The first-order valence-corrected chi connectivity index (χ1v) is 9.41. The van der Waals surface area contributed by atoms with E-state index in [1.807, 2.05) is 48.5 Å². The zero-order chi connectivity index (χ0) is 19.4. The molecule has 0 spiro atoms. The number of nitro groups is 1. The Morgan fingerprint density at radius 1 is 0.926 bits per heavy atom. The summed E-state index contributed by atoms with van der Waals surface area (Å²) in [5.41, 5.74) is 2.42. The third-order valence-electron chi connectivity index (χ3n) is 3.95. The van der Waals surface area contributed by atoms with Gasteiger partial charge in [0.25, 0.3) is 0 Å². The second kappa shape index (κ2) is 8.30. The van der Waals surface area contributed by atoms with Gasteiger partial charge in [-0.05, 0) is 70.5 Å². The molecule has 2 N–H and O–H groups in total. The average Bonchev–Trinajstić information content (AvgIpc) is 2.64. The third-order valence-corrected chi connectivity index (χ3v) is 4.67. The van der Waals surface area contributed by atoms with E-state index in [2.05, 4.69) is 57.0 Å². The highest BCUT2D eigenvalue weighted by Gasteiger charge is 2.23. The van der Waals surface area contributed by atoms with Crippen molar-refractivity contribution in [1.29, 1.82) is 0 Å². The van der Waals surface area contributed by atoms with Gasteiger partial charge in [-0.2, -0.15) is 0 Å². The number of rotatable bonds is 6. The summed E-state index contributed by atoms with van der Waals surface area (Å²) in [7, 11) is 0. The maximum atomic E-state index is 11.7. The van der Waals surface area contributed by atoms with E-state index in [0.29, 0.717) is 11.6 Å². The normalized spacial score (nSPS) is 10.7. The van der Waals surface area contributed by atoms with Gasteiger partial charge in [0.05, 0.1) is 4.92 Å². The van der Waals surface area contributed by atoms with Crippen molar-refractivity contribution >= 4 is 51.3 Å². The molecule has 0 aliphatic rings. The molecule has 0 unspecified atom stereocenters. The minimum Gasteiger partial charge on any atom is -0.334 e. The van der Waals surface area contributed by atoms with Crippen molar-refractivity contribution < 1.29 is 4.92 Å². The highest BCUT2D eigenvalue weighted by Crippen LogP contribution is 2.33. The van der Waals surface area contributed by atoms with E-state index in [4.69, 9.17) is 0 Å². The summed E-state index contributed by atoms with van der Waals surface area (Å²) in [6, 6.07) is 15.2. The first-order chi connectivity index (χ1) is 12.9. The quantitative estimate of drug-likeness (QED) is 0.274. The molecule has 0 fully saturated rings. The monoisotopic (exact) mass is 475 g/mol. The molecule has 0 atom stereocenters. The Labute approximate surface area is 170 Å². The van der Waals surface area contributed by atoms with Gasteiger partial charge in [0.2, 0.25) is 11.6 Å². The van der Waals surface area contributed by atoms with E-state index >= 15 is 0 Å². The molecule has 0 radical (unpaired) electrons. The first kappa shape index (κ1) is 19.0. The van der Waals surface area contributed by atoms with Crippen molar-refractivity contribution in [3.05, 3.63) is 74.1 Å². The summed E-state index contributed by atoms with van der Waals surface area (Å²) in [5.74, 6) is 0.690. The van der Waals surface area contributed by atoms with Crippen LogP contribution in [-0.4, -0.2) is 14.9 Å². The lowest BCUT2D eigenvalue weighted by molar-refractivity contribution is -0.383. The fraction of sp³-hybridized carbons (Fsp3) is 0.158. The van der Waals surface area contributed by atoms with E-state index in [9.17, 15) is 10.1 Å². The molecule has 2 aromatic carbocycles. The maximum absolute atomic E-state index is 11.7. The zero-order valence-electron chi connectivity index (χ0n) is 14.8. The van der Waals surface area contributed by atoms with E-state index in [-0.39, 0.29) is 17.3 Å². The molecule has 0 aliphatic heterocycles. The molecule has 0 amide bonds. The Morgan fingerprint density at radius 3 is 1.85 bits per heavy atom. The van der Waals surface area contributed by atoms with Gasteiger partial charge in [0.1, 0.15) is 6.33 Å². The van der Waals surface area contributed by atoms with Crippen molar-refractivity contribution in [2.45, 2.75) is 19.8 Å². The van der Waals surface area contributed by atoms with Gasteiger partial charge in [-0.15, -0.1) is 0 Å². The number of anilines is 4. The van der Waals surface area contributed by atoms with Gasteiger partial charge >= 0.3 is 5.69 Å². The van der Waals surface area contributed by atoms with Crippen LogP contribution in [0.25, 0.3) is 0 Å². The molecule has 8 heteroatoms. The number of halogens is 1. The summed E-state index contributed by atoms with van der Waals surface area (Å²) in [6.45, 7) is 4.22. The van der Waals surface area contributed by atoms with Crippen molar-refractivity contribution in [3.8, 4) is 0 Å². The smallest absolute Gasteiger partial charge is 0.334 e. The molecule has 0 bridgehead atoms. The van der Waals surface area contributed by atoms with Crippen LogP contribution in [0.3, 0.4) is 0 Å². The largest absolute Gasteiger partial charge is 0.353 e. The predicted molar refractivity (Wildman–Crippen MR) is 115 cm³/mol. The van der Waals surface area contributed by atoms with Gasteiger partial charge in [0, 0.05) is 14.9 Å². The van der Waals surface area contributed by atoms with Crippen molar-refractivity contribution in [2.24, 2.45) is 0 Å². The minimum atomic E-state index is -0.486. The molecule has 1 aromatic heterocycles. The summed E-state index contributed by atoms with van der Waals surface area (Å²) in [5, 5.41) is 17.7. The second-order valence-corrected chi connectivity index (χ2v) is 7.46. The fourth-order valence-corrected chi connectivity index (χ4v) is 2.85. The van der Waals surface area contributed by atoms with Crippen molar-refractivity contribution in [2.75, 3.05) is 10.6 Å². The number of hydrogen-bond donors (Lipinski definition) is 2. The number of nitrogens with zero attached hydrogens (tertiary/aromatic N) is 3. The summed E-state index contributed by atoms with van der Waals surface area (Å²) in [6.07, 6.45) is 1.30.